The minimum Gasteiger partial charge on any atom is -0.230 e. The van der Waals surface area contributed by atoms with E-state index in [1.165, 1.54) is 33.4 Å². The third-order valence-electron chi connectivity index (χ3n) is 5.44. The Morgan fingerprint density at radius 1 is 0.714 bits per heavy atom. The highest BCUT2D eigenvalue weighted by molar-refractivity contribution is 5.69. The van der Waals surface area contributed by atoms with E-state index in [1.54, 1.807) is 0 Å². The van der Waals surface area contributed by atoms with Crippen molar-refractivity contribution in [2.75, 3.05) is 0 Å². The highest BCUT2D eigenvalue weighted by Crippen LogP contribution is 2.30. The van der Waals surface area contributed by atoms with Gasteiger partial charge in [-0.3, -0.25) is 0 Å². The average molecular weight is 369 g/mol. The molecule has 0 saturated heterocycles. The Balaban J connectivity index is 1.94. The molecule has 0 unspecified atom stereocenters. The number of aromatic nitrogens is 3. The maximum atomic E-state index is 4.90. The van der Waals surface area contributed by atoms with Gasteiger partial charge in [-0.05, 0) is 66.8 Å². The second kappa shape index (κ2) is 7.08. The molecule has 0 spiro atoms. The first-order valence-electron chi connectivity index (χ1n) is 9.66. The highest BCUT2D eigenvalue weighted by Gasteiger charge is 2.27. The number of aryl methyl sites for hydroxylation is 4. The predicted molar refractivity (Wildman–Crippen MR) is 115 cm³/mol. The van der Waals surface area contributed by atoms with Gasteiger partial charge in [-0.15, -0.1) is 0 Å². The van der Waals surface area contributed by atoms with Crippen molar-refractivity contribution >= 4 is 0 Å². The summed E-state index contributed by atoms with van der Waals surface area (Å²) >= 11 is 0. The Morgan fingerprint density at radius 3 is 1.96 bits per heavy atom. The van der Waals surface area contributed by atoms with Gasteiger partial charge < -0.3 is 0 Å². The molecule has 0 aliphatic rings. The standard InChI is InChI=1S/C25H26N3/c1-17-11-9-10-14-23(17)25-27(5)20(4)26-28(25)24-18(2)15-22(16-19(24)3)21-12-7-6-8-13-21/h6-16H,1-5H3/q+1. The van der Waals surface area contributed by atoms with Gasteiger partial charge in [0.15, 0.2) is 0 Å². The Hall–Kier alpha value is -3.20. The Morgan fingerprint density at radius 2 is 1.32 bits per heavy atom. The number of nitrogens with zero attached hydrogens (tertiary/aromatic N) is 3. The van der Waals surface area contributed by atoms with Gasteiger partial charge in [-0.2, -0.15) is 0 Å². The fourth-order valence-electron chi connectivity index (χ4n) is 3.92. The van der Waals surface area contributed by atoms with Gasteiger partial charge in [-0.25, -0.2) is 4.57 Å². The third kappa shape index (κ3) is 3.03. The van der Waals surface area contributed by atoms with Gasteiger partial charge in [0.1, 0.15) is 5.69 Å². The van der Waals surface area contributed by atoms with Crippen LogP contribution in [-0.4, -0.2) is 9.78 Å². The van der Waals surface area contributed by atoms with Crippen molar-refractivity contribution in [1.82, 2.24) is 9.78 Å². The summed E-state index contributed by atoms with van der Waals surface area (Å²) in [6, 6.07) is 23.6. The van der Waals surface area contributed by atoms with Crippen molar-refractivity contribution in [2.24, 2.45) is 7.05 Å². The van der Waals surface area contributed by atoms with Crippen LogP contribution in [0.3, 0.4) is 0 Å². The molecule has 0 N–H and O–H groups in total. The van der Waals surface area contributed by atoms with Crippen molar-refractivity contribution in [1.29, 1.82) is 0 Å². The largest absolute Gasteiger partial charge is 0.275 e. The molecule has 0 bridgehead atoms. The van der Waals surface area contributed by atoms with Crippen LogP contribution < -0.4 is 4.57 Å². The van der Waals surface area contributed by atoms with Crippen LogP contribution in [0.1, 0.15) is 22.5 Å². The van der Waals surface area contributed by atoms with Gasteiger partial charge in [0.25, 0.3) is 11.6 Å². The summed E-state index contributed by atoms with van der Waals surface area (Å²) in [5.74, 6) is 2.10. The molecular formula is C25H26N3+. The van der Waals surface area contributed by atoms with Crippen molar-refractivity contribution in [3.05, 3.63) is 89.2 Å². The summed E-state index contributed by atoms with van der Waals surface area (Å²) in [5.41, 5.74) is 8.52. The molecule has 0 fully saturated rings. The summed E-state index contributed by atoms with van der Waals surface area (Å²) in [5, 5.41) is 4.90. The van der Waals surface area contributed by atoms with Gasteiger partial charge in [-0.1, -0.05) is 53.2 Å². The zero-order chi connectivity index (χ0) is 19.8. The van der Waals surface area contributed by atoms with E-state index in [9.17, 15) is 0 Å². The monoisotopic (exact) mass is 368 g/mol. The smallest absolute Gasteiger partial charge is 0.230 e. The topological polar surface area (TPSA) is 21.7 Å². The van der Waals surface area contributed by atoms with Crippen LogP contribution in [0.4, 0.5) is 0 Å². The summed E-state index contributed by atoms with van der Waals surface area (Å²) in [4.78, 5) is 0. The molecule has 0 radical (unpaired) electrons. The number of rotatable bonds is 3. The van der Waals surface area contributed by atoms with E-state index in [2.05, 4.69) is 111 Å². The molecule has 4 rings (SSSR count). The van der Waals surface area contributed by atoms with Crippen LogP contribution in [0.15, 0.2) is 66.7 Å². The van der Waals surface area contributed by atoms with Crippen molar-refractivity contribution in [3.8, 4) is 28.2 Å². The lowest BCUT2D eigenvalue weighted by Crippen LogP contribution is -2.32. The van der Waals surface area contributed by atoms with E-state index < -0.39 is 0 Å². The number of benzene rings is 3. The zero-order valence-electron chi connectivity index (χ0n) is 17.2. The predicted octanol–water partition coefficient (Wildman–Crippen LogP) is 5.26. The molecule has 0 atom stereocenters. The first-order valence-corrected chi connectivity index (χ1v) is 9.66. The second-order valence-corrected chi connectivity index (χ2v) is 7.48. The molecule has 140 valence electrons. The maximum Gasteiger partial charge on any atom is 0.275 e. The number of hydrogen-bond acceptors (Lipinski definition) is 1. The van der Waals surface area contributed by atoms with Crippen LogP contribution in [0.25, 0.3) is 28.2 Å². The van der Waals surface area contributed by atoms with E-state index in [1.807, 2.05) is 0 Å². The van der Waals surface area contributed by atoms with Crippen molar-refractivity contribution in [2.45, 2.75) is 27.7 Å². The Labute approximate surface area is 166 Å². The van der Waals surface area contributed by atoms with Crippen molar-refractivity contribution in [3.63, 3.8) is 0 Å². The van der Waals surface area contributed by atoms with Gasteiger partial charge in [0, 0.05) is 12.0 Å². The summed E-state index contributed by atoms with van der Waals surface area (Å²) in [6.45, 7) is 8.56. The number of hydrogen-bond donors (Lipinski definition) is 0. The van der Waals surface area contributed by atoms with Crippen molar-refractivity contribution < 1.29 is 4.57 Å². The van der Waals surface area contributed by atoms with E-state index >= 15 is 0 Å². The molecule has 28 heavy (non-hydrogen) atoms. The first-order chi connectivity index (χ1) is 13.5. The van der Waals surface area contributed by atoms with E-state index in [4.69, 9.17) is 5.10 Å². The second-order valence-electron chi connectivity index (χ2n) is 7.48. The molecule has 0 aliphatic heterocycles. The maximum absolute atomic E-state index is 4.90. The third-order valence-corrected chi connectivity index (χ3v) is 5.44. The van der Waals surface area contributed by atoms with Crippen LogP contribution in [-0.2, 0) is 7.05 Å². The van der Waals surface area contributed by atoms with Gasteiger partial charge in [0.2, 0.25) is 0 Å². The highest BCUT2D eigenvalue weighted by atomic mass is 15.4. The molecule has 0 amide bonds. The fourth-order valence-corrected chi connectivity index (χ4v) is 3.92. The lowest BCUT2D eigenvalue weighted by atomic mass is 9.98. The zero-order valence-corrected chi connectivity index (χ0v) is 17.2. The molecule has 3 nitrogen and oxygen atoms in total. The Bertz CT molecular complexity index is 1130. The molecule has 4 aromatic rings. The molecule has 1 aromatic heterocycles. The minimum atomic E-state index is 0.990. The van der Waals surface area contributed by atoms with Crippen LogP contribution in [0.2, 0.25) is 0 Å². The average Bonchev–Trinajstić information content (AvgIpc) is 2.97. The Kier molecular flexibility index (Phi) is 4.60. The van der Waals surface area contributed by atoms with Crippen LogP contribution in [0.5, 0.6) is 0 Å². The lowest BCUT2D eigenvalue weighted by molar-refractivity contribution is -0.667. The van der Waals surface area contributed by atoms with Gasteiger partial charge >= 0.3 is 0 Å². The fraction of sp³-hybridized carbons (Fsp3) is 0.200. The molecule has 0 saturated carbocycles. The normalized spacial score (nSPS) is 11.0. The summed E-state index contributed by atoms with van der Waals surface area (Å²) in [6.07, 6.45) is 0. The molecule has 1 heterocycles. The summed E-state index contributed by atoms with van der Waals surface area (Å²) < 4.78 is 4.28. The van der Waals surface area contributed by atoms with Gasteiger partial charge in [0.05, 0.1) is 12.6 Å². The molecular weight excluding hydrogens is 342 g/mol. The summed E-state index contributed by atoms with van der Waals surface area (Å²) in [7, 11) is 2.09. The van der Waals surface area contributed by atoms with Crippen LogP contribution in [0, 0.1) is 27.7 Å². The van der Waals surface area contributed by atoms with Crippen LogP contribution >= 0.6 is 0 Å². The first kappa shape index (κ1) is 18.2. The molecule has 3 heteroatoms. The lowest BCUT2D eigenvalue weighted by Gasteiger charge is -2.11. The van der Waals surface area contributed by atoms with E-state index in [0.717, 1.165) is 17.3 Å². The minimum absolute atomic E-state index is 0.990. The SMILES string of the molecule is Cc1ccccc1-c1n(-c2c(C)cc(-c3ccccc3)cc2C)nc(C)[n+]1C. The van der Waals surface area contributed by atoms with E-state index in [0.29, 0.717) is 0 Å². The molecule has 3 aromatic carbocycles. The van der Waals surface area contributed by atoms with E-state index in [-0.39, 0.29) is 0 Å². The quantitative estimate of drug-likeness (QED) is 0.452. The molecule has 0 aliphatic carbocycles.